The lowest BCUT2D eigenvalue weighted by Crippen LogP contribution is -2.40. The molecule has 8 heteroatoms. The zero-order chi connectivity index (χ0) is 14.3. The number of carbonyl (C=O) groups is 1. The first-order chi connectivity index (χ1) is 8.22. The van der Waals surface area contributed by atoms with Crippen molar-refractivity contribution in [3.8, 4) is 0 Å². The monoisotopic (exact) mass is 295 g/mol. The molecular formula is C10H21N3O3S2. The molecule has 0 rings (SSSR count). The van der Waals surface area contributed by atoms with Gasteiger partial charge in [0.2, 0.25) is 15.9 Å². The smallest absolute Gasteiger partial charge is 0.229 e. The van der Waals surface area contributed by atoms with Gasteiger partial charge in [0, 0.05) is 20.6 Å². The van der Waals surface area contributed by atoms with Crippen molar-refractivity contribution in [2.24, 2.45) is 11.7 Å². The normalized spacial score (nSPS) is 13.3. The van der Waals surface area contributed by atoms with Crippen LogP contribution in [0.3, 0.4) is 0 Å². The van der Waals surface area contributed by atoms with Crippen LogP contribution in [0.1, 0.15) is 19.8 Å². The Kier molecular flexibility index (Phi) is 7.34. The molecule has 0 aromatic heterocycles. The summed E-state index contributed by atoms with van der Waals surface area (Å²) in [6, 6.07) is 0. The van der Waals surface area contributed by atoms with Crippen molar-refractivity contribution in [3.63, 3.8) is 0 Å². The molecule has 18 heavy (non-hydrogen) atoms. The van der Waals surface area contributed by atoms with Crippen LogP contribution in [0.15, 0.2) is 0 Å². The van der Waals surface area contributed by atoms with Crippen molar-refractivity contribution in [2.75, 3.05) is 26.4 Å². The molecule has 0 aliphatic carbocycles. The summed E-state index contributed by atoms with van der Waals surface area (Å²) in [5.41, 5.74) is 5.47. The Labute approximate surface area is 114 Å². The standard InChI is InChI=1S/C10H21N3O3S2/c1-4-5-8(9(11)17)10(14)12-6-7-18(15,16)13(2)3/h8H,4-7H2,1-3H3,(H2,11,17)(H,12,14). The average Bonchev–Trinajstić information content (AvgIpc) is 2.24. The van der Waals surface area contributed by atoms with E-state index in [9.17, 15) is 13.2 Å². The fourth-order valence-electron chi connectivity index (χ4n) is 1.30. The molecule has 3 N–H and O–H groups in total. The van der Waals surface area contributed by atoms with Crippen LogP contribution in [0.4, 0.5) is 0 Å². The Bertz CT molecular complexity index is 393. The first-order valence-electron chi connectivity index (χ1n) is 5.69. The van der Waals surface area contributed by atoms with Gasteiger partial charge in [-0.1, -0.05) is 25.6 Å². The highest BCUT2D eigenvalue weighted by Gasteiger charge is 2.21. The zero-order valence-electron chi connectivity index (χ0n) is 11.0. The maximum Gasteiger partial charge on any atom is 0.229 e. The number of carbonyl (C=O) groups excluding carboxylic acids is 1. The number of nitrogens with zero attached hydrogens (tertiary/aromatic N) is 1. The highest BCUT2D eigenvalue weighted by atomic mass is 32.2. The summed E-state index contributed by atoms with van der Waals surface area (Å²) in [5, 5.41) is 2.55. The minimum absolute atomic E-state index is 0.0577. The van der Waals surface area contributed by atoms with Crippen LogP contribution in [0.5, 0.6) is 0 Å². The summed E-state index contributed by atoms with van der Waals surface area (Å²) >= 11 is 4.81. The van der Waals surface area contributed by atoms with E-state index in [0.717, 1.165) is 10.7 Å². The Morgan fingerprint density at radius 1 is 1.44 bits per heavy atom. The molecule has 1 unspecified atom stereocenters. The molecule has 0 fully saturated rings. The molecule has 0 aromatic rings. The van der Waals surface area contributed by atoms with E-state index >= 15 is 0 Å². The molecule has 0 aromatic carbocycles. The van der Waals surface area contributed by atoms with E-state index in [1.165, 1.54) is 14.1 Å². The molecule has 0 radical (unpaired) electrons. The Morgan fingerprint density at radius 2 is 2.00 bits per heavy atom. The predicted octanol–water partition coefficient (Wildman–Crippen LogP) is -0.304. The number of sulfonamides is 1. The summed E-state index contributed by atoms with van der Waals surface area (Å²) in [6.07, 6.45) is 1.35. The van der Waals surface area contributed by atoms with Crippen molar-refractivity contribution in [1.29, 1.82) is 0 Å². The molecule has 0 saturated heterocycles. The van der Waals surface area contributed by atoms with Crippen molar-refractivity contribution >= 4 is 33.1 Å². The summed E-state index contributed by atoms with van der Waals surface area (Å²) in [7, 11) is -0.397. The van der Waals surface area contributed by atoms with Crippen LogP contribution in [-0.2, 0) is 14.8 Å². The van der Waals surface area contributed by atoms with E-state index in [1.54, 1.807) is 0 Å². The topological polar surface area (TPSA) is 92.5 Å². The molecule has 0 spiro atoms. The van der Waals surface area contributed by atoms with Crippen molar-refractivity contribution in [2.45, 2.75) is 19.8 Å². The van der Waals surface area contributed by atoms with Crippen molar-refractivity contribution < 1.29 is 13.2 Å². The van der Waals surface area contributed by atoms with Crippen LogP contribution in [0.2, 0.25) is 0 Å². The van der Waals surface area contributed by atoms with Gasteiger partial charge in [-0.3, -0.25) is 4.79 Å². The fourth-order valence-corrected chi connectivity index (χ4v) is 2.25. The minimum Gasteiger partial charge on any atom is -0.393 e. The van der Waals surface area contributed by atoms with Gasteiger partial charge in [0.1, 0.15) is 0 Å². The lowest BCUT2D eigenvalue weighted by atomic mass is 10.0. The molecular weight excluding hydrogens is 274 g/mol. The number of amides is 1. The molecule has 1 atom stereocenters. The third kappa shape index (κ3) is 5.74. The molecule has 0 aliphatic rings. The second-order valence-corrected chi connectivity index (χ2v) is 6.91. The lowest BCUT2D eigenvalue weighted by Gasteiger charge is -2.15. The Morgan fingerprint density at radius 3 is 2.39 bits per heavy atom. The molecule has 0 aliphatic heterocycles. The van der Waals surface area contributed by atoms with Crippen molar-refractivity contribution in [1.82, 2.24) is 9.62 Å². The first-order valence-corrected chi connectivity index (χ1v) is 7.71. The van der Waals surface area contributed by atoms with Gasteiger partial charge in [-0.05, 0) is 6.42 Å². The second-order valence-electron chi connectivity index (χ2n) is 4.13. The number of hydrogen-bond donors (Lipinski definition) is 2. The van der Waals surface area contributed by atoms with E-state index in [-0.39, 0.29) is 23.2 Å². The van der Waals surface area contributed by atoms with E-state index in [2.05, 4.69) is 5.32 Å². The third-order valence-corrected chi connectivity index (χ3v) is 4.57. The predicted molar refractivity (Wildman–Crippen MR) is 75.7 cm³/mol. The van der Waals surface area contributed by atoms with E-state index in [4.69, 9.17) is 18.0 Å². The largest absolute Gasteiger partial charge is 0.393 e. The quantitative estimate of drug-likeness (QED) is 0.600. The molecule has 0 bridgehead atoms. The van der Waals surface area contributed by atoms with Gasteiger partial charge >= 0.3 is 0 Å². The second kappa shape index (κ2) is 7.65. The number of nitrogens with one attached hydrogen (secondary N) is 1. The summed E-state index contributed by atoms with van der Waals surface area (Å²) < 4.78 is 24.1. The Hall–Kier alpha value is -0.730. The van der Waals surface area contributed by atoms with Crippen LogP contribution >= 0.6 is 12.2 Å². The molecule has 0 saturated carbocycles. The van der Waals surface area contributed by atoms with Crippen LogP contribution in [-0.4, -0.2) is 50.0 Å². The molecule has 1 amide bonds. The van der Waals surface area contributed by atoms with Gasteiger partial charge in [-0.2, -0.15) is 0 Å². The highest BCUT2D eigenvalue weighted by molar-refractivity contribution is 7.89. The van der Waals surface area contributed by atoms with E-state index < -0.39 is 15.9 Å². The van der Waals surface area contributed by atoms with Gasteiger partial charge < -0.3 is 11.1 Å². The molecule has 6 nitrogen and oxygen atoms in total. The maximum atomic E-state index is 11.7. The zero-order valence-corrected chi connectivity index (χ0v) is 12.6. The number of hydrogen-bond acceptors (Lipinski definition) is 4. The van der Waals surface area contributed by atoms with E-state index in [0.29, 0.717) is 6.42 Å². The van der Waals surface area contributed by atoms with Gasteiger partial charge in [-0.25, -0.2) is 12.7 Å². The molecule has 106 valence electrons. The maximum absolute atomic E-state index is 11.7. The van der Waals surface area contributed by atoms with Crippen molar-refractivity contribution in [3.05, 3.63) is 0 Å². The molecule has 0 heterocycles. The van der Waals surface area contributed by atoms with Gasteiger partial charge in [0.25, 0.3) is 0 Å². The van der Waals surface area contributed by atoms with Gasteiger partial charge in [0.05, 0.1) is 16.7 Å². The minimum atomic E-state index is -3.30. The van der Waals surface area contributed by atoms with Crippen LogP contribution in [0, 0.1) is 5.92 Å². The summed E-state index contributed by atoms with van der Waals surface area (Å²) in [5.74, 6) is -0.965. The fraction of sp³-hybridized carbons (Fsp3) is 0.800. The number of rotatable bonds is 8. The van der Waals surface area contributed by atoms with Crippen LogP contribution < -0.4 is 11.1 Å². The summed E-state index contributed by atoms with van der Waals surface area (Å²) in [4.78, 5) is 11.9. The summed E-state index contributed by atoms with van der Waals surface area (Å²) in [6.45, 7) is 1.98. The SMILES string of the molecule is CCCC(C(=O)NCCS(=O)(=O)N(C)C)C(N)=S. The third-order valence-electron chi connectivity index (χ3n) is 2.45. The highest BCUT2D eigenvalue weighted by Crippen LogP contribution is 2.06. The first kappa shape index (κ1) is 17.3. The Balaban J connectivity index is 4.30. The number of nitrogens with two attached hydrogens (primary N) is 1. The van der Waals surface area contributed by atoms with Gasteiger partial charge in [-0.15, -0.1) is 0 Å². The lowest BCUT2D eigenvalue weighted by molar-refractivity contribution is -0.123. The average molecular weight is 295 g/mol. The number of thiocarbonyl (C=S) groups is 1. The van der Waals surface area contributed by atoms with Crippen LogP contribution in [0.25, 0.3) is 0 Å². The van der Waals surface area contributed by atoms with E-state index in [1.807, 2.05) is 6.92 Å². The van der Waals surface area contributed by atoms with Gasteiger partial charge in [0.15, 0.2) is 0 Å².